The summed E-state index contributed by atoms with van der Waals surface area (Å²) in [7, 11) is 0. The zero-order valence-corrected chi connectivity index (χ0v) is 16.5. The van der Waals surface area contributed by atoms with E-state index in [1.807, 2.05) is 47.1 Å². The first-order chi connectivity index (χ1) is 13.9. The molecule has 4 rings (SSSR count). The van der Waals surface area contributed by atoms with Gasteiger partial charge in [0.15, 0.2) is 11.5 Å². The van der Waals surface area contributed by atoms with Crippen LogP contribution in [-0.4, -0.2) is 27.7 Å². The summed E-state index contributed by atoms with van der Waals surface area (Å²) in [6, 6.07) is 13.0. The molecule has 7 heteroatoms. The molecular formula is C22H22N4O3. The molecule has 0 aliphatic carbocycles. The van der Waals surface area contributed by atoms with Crippen LogP contribution in [0, 0.1) is 0 Å². The molecule has 1 aliphatic heterocycles. The molecule has 1 aliphatic rings. The van der Waals surface area contributed by atoms with Gasteiger partial charge in [-0.3, -0.25) is 4.79 Å². The van der Waals surface area contributed by atoms with E-state index in [2.05, 4.69) is 36.4 Å². The molecule has 0 spiro atoms. The quantitative estimate of drug-likeness (QED) is 0.683. The van der Waals surface area contributed by atoms with E-state index >= 15 is 0 Å². The van der Waals surface area contributed by atoms with Gasteiger partial charge in [0.25, 0.3) is 0 Å². The third-order valence-corrected chi connectivity index (χ3v) is 4.52. The number of aromatic nitrogens is 3. The van der Waals surface area contributed by atoms with Gasteiger partial charge in [-0.2, -0.15) is 0 Å². The topological polar surface area (TPSA) is 78.3 Å². The van der Waals surface area contributed by atoms with Crippen LogP contribution in [0.3, 0.4) is 0 Å². The Kier molecular flexibility index (Phi) is 4.80. The Morgan fingerprint density at radius 3 is 2.62 bits per heavy atom. The van der Waals surface area contributed by atoms with Crippen LogP contribution in [0.1, 0.15) is 32.0 Å². The molecule has 7 nitrogen and oxygen atoms in total. The summed E-state index contributed by atoms with van der Waals surface area (Å²) in [5.41, 5.74) is 3.39. The molecule has 3 aromatic rings. The van der Waals surface area contributed by atoms with Crippen molar-refractivity contribution in [3.8, 4) is 17.2 Å². The molecule has 0 saturated carbocycles. The summed E-state index contributed by atoms with van der Waals surface area (Å²) in [5.74, 6) is 1.19. The second kappa shape index (κ2) is 7.43. The number of nitrogens with one attached hydrogen (secondary N) is 1. The van der Waals surface area contributed by atoms with Crippen molar-refractivity contribution in [1.82, 2.24) is 15.0 Å². The van der Waals surface area contributed by atoms with Crippen molar-refractivity contribution in [2.75, 3.05) is 12.1 Å². The van der Waals surface area contributed by atoms with Gasteiger partial charge in [0.05, 0.1) is 17.6 Å². The van der Waals surface area contributed by atoms with E-state index in [1.165, 1.54) is 6.08 Å². The molecule has 0 radical (unpaired) electrons. The first-order valence-electron chi connectivity index (χ1n) is 9.30. The van der Waals surface area contributed by atoms with Gasteiger partial charge in [-0.25, -0.2) is 4.68 Å². The number of carbonyl (C=O) groups is 1. The van der Waals surface area contributed by atoms with Crippen molar-refractivity contribution in [1.29, 1.82) is 0 Å². The van der Waals surface area contributed by atoms with Crippen molar-refractivity contribution in [3.63, 3.8) is 0 Å². The maximum Gasteiger partial charge on any atom is 0.248 e. The van der Waals surface area contributed by atoms with E-state index in [0.717, 1.165) is 16.9 Å². The molecule has 0 bridgehead atoms. The molecule has 1 amide bonds. The van der Waals surface area contributed by atoms with Gasteiger partial charge in [-0.1, -0.05) is 32.1 Å². The number of nitrogens with zero attached hydrogens (tertiary/aromatic N) is 3. The maximum absolute atomic E-state index is 12.2. The predicted octanol–water partition coefficient (Wildman–Crippen LogP) is 3.95. The molecule has 148 valence electrons. The molecule has 2 aromatic carbocycles. The van der Waals surface area contributed by atoms with Gasteiger partial charge in [0.2, 0.25) is 12.7 Å². The largest absolute Gasteiger partial charge is 0.454 e. The monoisotopic (exact) mass is 390 g/mol. The van der Waals surface area contributed by atoms with E-state index in [4.69, 9.17) is 9.47 Å². The highest BCUT2D eigenvalue weighted by atomic mass is 16.7. The number of fused-ring (bicyclic) bond motifs is 1. The number of hydrogen-bond donors (Lipinski definition) is 1. The molecule has 2 heterocycles. The lowest BCUT2D eigenvalue weighted by molar-refractivity contribution is -0.111. The summed E-state index contributed by atoms with van der Waals surface area (Å²) in [4.78, 5) is 12.2. The van der Waals surface area contributed by atoms with Crippen molar-refractivity contribution < 1.29 is 14.3 Å². The summed E-state index contributed by atoms with van der Waals surface area (Å²) >= 11 is 0. The van der Waals surface area contributed by atoms with Gasteiger partial charge in [-0.05, 0) is 48.0 Å². The second-order valence-corrected chi connectivity index (χ2v) is 7.76. The highest BCUT2D eigenvalue weighted by molar-refractivity contribution is 6.02. The zero-order chi connectivity index (χ0) is 20.4. The standard InChI is InChI=1S/C22H22N4O3/c1-22(2,3)20-13-23-25-26(20)17-8-6-16(7-9-17)24-21(27)11-5-15-4-10-18-19(12-15)29-14-28-18/h4-13H,14H2,1-3H3,(H,24,27)/b11-5+. The fourth-order valence-electron chi connectivity index (χ4n) is 3.00. The number of amides is 1. The van der Waals surface area contributed by atoms with E-state index in [9.17, 15) is 4.79 Å². The maximum atomic E-state index is 12.2. The van der Waals surface area contributed by atoms with E-state index < -0.39 is 0 Å². The molecule has 29 heavy (non-hydrogen) atoms. The minimum absolute atomic E-state index is 0.0735. The Morgan fingerprint density at radius 2 is 1.86 bits per heavy atom. The number of rotatable bonds is 4. The van der Waals surface area contributed by atoms with E-state index in [-0.39, 0.29) is 18.1 Å². The summed E-state index contributed by atoms with van der Waals surface area (Å²) in [6.07, 6.45) is 4.99. The van der Waals surface area contributed by atoms with Crippen molar-refractivity contribution in [3.05, 3.63) is 66.0 Å². The number of benzene rings is 2. The van der Waals surface area contributed by atoms with Crippen LogP contribution < -0.4 is 14.8 Å². The van der Waals surface area contributed by atoms with Crippen LogP contribution in [0.4, 0.5) is 5.69 Å². The lowest BCUT2D eigenvalue weighted by atomic mass is 9.92. The highest BCUT2D eigenvalue weighted by Gasteiger charge is 2.20. The zero-order valence-electron chi connectivity index (χ0n) is 16.5. The minimum atomic E-state index is -0.216. The lowest BCUT2D eigenvalue weighted by Gasteiger charge is -2.19. The number of hydrogen-bond acceptors (Lipinski definition) is 5. The third-order valence-electron chi connectivity index (χ3n) is 4.52. The van der Waals surface area contributed by atoms with Crippen molar-refractivity contribution in [2.24, 2.45) is 0 Å². The summed E-state index contributed by atoms with van der Waals surface area (Å²) in [5, 5.41) is 11.1. The molecule has 1 aromatic heterocycles. The molecule has 0 fully saturated rings. The first-order valence-corrected chi connectivity index (χ1v) is 9.30. The SMILES string of the molecule is CC(C)(C)c1cnnn1-c1ccc(NC(=O)/C=C/c2ccc3c(c2)OCO3)cc1. The van der Waals surface area contributed by atoms with Crippen LogP contribution in [-0.2, 0) is 10.2 Å². The van der Waals surface area contributed by atoms with E-state index in [0.29, 0.717) is 17.2 Å². The average Bonchev–Trinajstić information content (AvgIpc) is 3.35. The number of ether oxygens (including phenoxy) is 2. The van der Waals surface area contributed by atoms with Gasteiger partial charge >= 0.3 is 0 Å². The number of carbonyl (C=O) groups excluding carboxylic acids is 1. The van der Waals surface area contributed by atoms with Crippen LogP contribution in [0.25, 0.3) is 11.8 Å². The fraction of sp³-hybridized carbons (Fsp3) is 0.227. The highest BCUT2D eigenvalue weighted by Crippen LogP contribution is 2.32. The summed E-state index contributed by atoms with van der Waals surface area (Å²) < 4.78 is 12.4. The van der Waals surface area contributed by atoms with Gasteiger partial charge < -0.3 is 14.8 Å². The Bertz CT molecular complexity index is 1060. The number of anilines is 1. The normalized spacial score (nSPS) is 13.1. The molecule has 0 atom stereocenters. The van der Waals surface area contributed by atoms with Crippen molar-refractivity contribution in [2.45, 2.75) is 26.2 Å². The Hall–Kier alpha value is -3.61. The Labute approximate surface area is 169 Å². The molecule has 0 unspecified atom stereocenters. The Balaban J connectivity index is 1.42. The first kappa shape index (κ1) is 18.7. The van der Waals surface area contributed by atoms with Gasteiger partial charge in [0, 0.05) is 17.2 Å². The predicted molar refractivity (Wildman–Crippen MR) is 110 cm³/mol. The molecule has 0 saturated heterocycles. The van der Waals surface area contributed by atoms with Crippen LogP contribution >= 0.6 is 0 Å². The van der Waals surface area contributed by atoms with Gasteiger partial charge in [-0.15, -0.1) is 5.10 Å². The van der Waals surface area contributed by atoms with E-state index in [1.54, 1.807) is 12.3 Å². The smallest absolute Gasteiger partial charge is 0.248 e. The minimum Gasteiger partial charge on any atom is -0.454 e. The van der Waals surface area contributed by atoms with Crippen LogP contribution in [0.2, 0.25) is 0 Å². The lowest BCUT2D eigenvalue weighted by Crippen LogP contribution is -2.17. The molecular weight excluding hydrogens is 368 g/mol. The van der Waals surface area contributed by atoms with Gasteiger partial charge in [0.1, 0.15) is 0 Å². The van der Waals surface area contributed by atoms with Crippen molar-refractivity contribution >= 4 is 17.7 Å². The molecule has 1 N–H and O–H groups in total. The average molecular weight is 390 g/mol. The van der Waals surface area contributed by atoms with Crippen LogP contribution in [0.15, 0.2) is 54.7 Å². The Morgan fingerprint density at radius 1 is 1.10 bits per heavy atom. The fourth-order valence-corrected chi connectivity index (χ4v) is 3.00. The third kappa shape index (κ3) is 4.13. The second-order valence-electron chi connectivity index (χ2n) is 7.76. The van der Waals surface area contributed by atoms with Crippen LogP contribution in [0.5, 0.6) is 11.5 Å². The summed E-state index contributed by atoms with van der Waals surface area (Å²) in [6.45, 7) is 6.57.